The van der Waals surface area contributed by atoms with Crippen molar-refractivity contribution in [1.82, 2.24) is 5.32 Å². The summed E-state index contributed by atoms with van der Waals surface area (Å²) in [4.78, 5) is 0. The molecule has 1 atom stereocenters. The summed E-state index contributed by atoms with van der Waals surface area (Å²) >= 11 is 0. The van der Waals surface area contributed by atoms with Gasteiger partial charge in [0.15, 0.2) is 0 Å². The molecule has 26 heavy (non-hydrogen) atoms. The molecule has 1 aliphatic carbocycles. The molecule has 0 radical (unpaired) electrons. The maximum atomic E-state index is 12.0. The van der Waals surface area contributed by atoms with E-state index in [2.05, 4.69) is 17.0 Å². The van der Waals surface area contributed by atoms with Crippen molar-refractivity contribution < 1.29 is 22.6 Å². The highest BCUT2D eigenvalue weighted by molar-refractivity contribution is 5.33. The zero-order valence-corrected chi connectivity index (χ0v) is 15.5. The van der Waals surface area contributed by atoms with E-state index >= 15 is 0 Å². The van der Waals surface area contributed by atoms with Crippen molar-refractivity contribution in [2.75, 3.05) is 19.8 Å². The second-order valence-electron chi connectivity index (χ2n) is 7.15. The molecule has 0 heterocycles. The van der Waals surface area contributed by atoms with E-state index in [0.29, 0.717) is 18.3 Å². The summed E-state index contributed by atoms with van der Waals surface area (Å²) in [7, 11) is 0. The summed E-state index contributed by atoms with van der Waals surface area (Å²) in [5.74, 6) is 1.52. The van der Waals surface area contributed by atoms with Crippen molar-refractivity contribution >= 4 is 0 Å². The average molecular weight is 373 g/mol. The van der Waals surface area contributed by atoms with Crippen LogP contribution in [0.1, 0.15) is 51.0 Å². The molecule has 0 amide bonds. The third-order valence-electron chi connectivity index (χ3n) is 4.78. The lowest BCUT2D eigenvalue weighted by Crippen LogP contribution is -2.28. The van der Waals surface area contributed by atoms with Gasteiger partial charge in [0.05, 0.1) is 6.61 Å². The minimum Gasteiger partial charge on any atom is -0.491 e. The molecule has 2 rings (SSSR count). The molecule has 1 aromatic rings. The molecule has 0 spiro atoms. The maximum Gasteiger partial charge on any atom is 0.411 e. The van der Waals surface area contributed by atoms with Gasteiger partial charge in [0.25, 0.3) is 0 Å². The quantitative estimate of drug-likeness (QED) is 0.579. The Morgan fingerprint density at radius 1 is 1.12 bits per heavy atom. The Morgan fingerprint density at radius 2 is 1.85 bits per heavy atom. The van der Waals surface area contributed by atoms with Crippen LogP contribution < -0.4 is 10.1 Å². The number of para-hydroxylation sites is 1. The summed E-state index contributed by atoms with van der Waals surface area (Å²) in [5, 5.41) is 3.55. The summed E-state index contributed by atoms with van der Waals surface area (Å²) in [6, 6.07) is 8.05. The molecule has 3 nitrogen and oxygen atoms in total. The topological polar surface area (TPSA) is 30.5 Å². The second-order valence-corrected chi connectivity index (χ2v) is 7.15. The van der Waals surface area contributed by atoms with Gasteiger partial charge < -0.3 is 14.8 Å². The van der Waals surface area contributed by atoms with E-state index in [-0.39, 0.29) is 13.2 Å². The molecule has 1 aliphatic rings. The second kappa shape index (κ2) is 10.8. The summed E-state index contributed by atoms with van der Waals surface area (Å²) in [6.07, 6.45) is 3.64. The predicted molar refractivity (Wildman–Crippen MR) is 96.3 cm³/mol. The summed E-state index contributed by atoms with van der Waals surface area (Å²) < 4.78 is 46.3. The van der Waals surface area contributed by atoms with E-state index in [0.717, 1.165) is 11.5 Å². The Labute approximate surface area is 154 Å². The Balaban J connectivity index is 1.71. The smallest absolute Gasteiger partial charge is 0.411 e. The number of rotatable bonds is 10. The fourth-order valence-corrected chi connectivity index (χ4v) is 3.48. The van der Waals surface area contributed by atoms with Gasteiger partial charge in [-0.3, -0.25) is 0 Å². The molecule has 1 N–H and O–H groups in total. The monoisotopic (exact) mass is 373 g/mol. The molecular weight excluding hydrogens is 343 g/mol. The molecule has 0 aliphatic heterocycles. The van der Waals surface area contributed by atoms with E-state index in [1.165, 1.54) is 38.5 Å². The van der Waals surface area contributed by atoms with E-state index in [4.69, 9.17) is 4.74 Å². The number of benzene rings is 1. The van der Waals surface area contributed by atoms with Crippen LogP contribution >= 0.6 is 0 Å². The zero-order valence-electron chi connectivity index (χ0n) is 15.5. The van der Waals surface area contributed by atoms with Crippen LogP contribution in [-0.4, -0.2) is 32.0 Å². The van der Waals surface area contributed by atoms with Gasteiger partial charge in [-0.25, -0.2) is 0 Å². The fourth-order valence-electron chi connectivity index (χ4n) is 3.48. The lowest BCUT2D eigenvalue weighted by Gasteiger charge is -2.25. The minimum atomic E-state index is -4.30. The normalized spacial score (nSPS) is 17.2. The Kier molecular flexibility index (Phi) is 8.72. The largest absolute Gasteiger partial charge is 0.491 e. The van der Waals surface area contributed by atoms with Crippen LogP contribution in [0.4, 0.5) is 13.2 Å². The van der Waals surface area contributed by atoms with E-state index in [1.54, 1.807) is 0 Å². The molecule has 1 unspecified atom stereocenters. The van der Waals surface area contributed by atoms with Crippen LogP contribution in [-0.2, 0) is 11.3 Å². The molecule has 6 heteroatoms. The number of alkyl halides is 3. The van der Waals surface area contributed by atoms with Gasteiger partial charge >= 0.3 is 6.18 Å². The van der Waals surface area contributed by atoms with Crippen LogP contribution in [0, 0.1) is 5.92 Å². The number of halogens is 3. The minimum absolute atomic E-state index is 0.0840. The van der Waals surface area contributed by atoms with Crippen molar-refractivity contribution in [3.8, 4) is 5.75 Å². The number of hydrogen-bond donors (Lipinski definition) is 1. The maximum absolute atomic E-state index is 12.0. The molecular formula is C20H30F3NO2. The predicted octanol–water partition coefficient (Wildman–Crippen LogP) is 5.09. The van der Waals surface area contributed by atoms with Crippen LogP contribution in [0.3, 0.4) is 0 Å². The number of ether oxygens (including phenoxy) is 2. The number of nitrogens with one attached hydrogen (secondary N) is 1. The molecule has 0 aromatic heterocycles. The molecule has 0 bridgehead atoms. The van der Waals surface area contributed by atoms with Crippen molar-refractivity contribution in [3.05, 3.63) is 29.8 Å². The highest BCUT2D eigenvalue weighted by Crippen LogP contribution is 2.27. The van der Waals surface area contributed by atoms with Crippen molar-refractivity contribution in [2.24, 2.45) is 5.92 Å². The van der Waals surface area contributed by atoms with Gasteiger partial charge in [0.1, 0.15) is 19.0 Å². The van der Waals surface area contributed by atoms with E-state index in [1.807, 2.05) is 24.3 Å². The fraction of sp³-hybridized carbons (Fsp3) is 0.700. The van der Waals surface area contributed by atoms with Crippen molar-refractivity contribution in [3.63, 3.8) is 0 Å². The first-order valence-corrected chi connectivity index (χ1v) is 9.52. The Morgan fingerprint density at radius 3 is 2.58 bits per heavy atom. The van der Waals surface area contributed by atoms with Crippen molar-refractivity contribution in [1.29, 1.82) is 0 Å². The van der Waals surface area contributed by atoms with Crippen LogP contribution in [0.15, 0.2) is 24.3 Å². The molecule has 0 saturated heterocycles. The van der Waals surface area contributed by atoms with Crippen molar-refractivity contribution in [2.45, 2.75) is 64.2 Å². The van der Waals surface area contributed by atoms with Crippen LogP contribution in [0.2, 0.25) is 0 Å². The summed E-state index contributed by atoms with van der Waals surface area (Å²) in [6.45, 7) is 1.68. The van der Waals surface area contributed by atoms with Gasteiger partial charge in [0.2, 0.25) is 0 Å². The first kappa shape index (κ1) is 21.0. The Bertz CT molecular complexity index is 516. The molecule has 1 saturated carbocycles. The summed E-state index contributed by atoms with van der Waals surface area (Å²) in [5.41, 5.74) is 1.01. The zero-order chi connectivity index (χ0) is 18.8. The van der Waals surface area contributed by atoms with Gasteiger partial charge in [-0.1, -0.05) is 50.3 Å². The van der Waals surface area contributed by atoms with E-state index in [9.17, 15) is 13.2 Å². The molecule has 1 aromatic carbocycles. The highest BCUT2D eigenvalue weighted by atomic mass is 19.4. The van der Waals surface area contributed by atoms with Gasteiger partial charge in [-0.05, 0) is 25.3 Å². The third-order valence-corrected chi connectivity index (χ3v) is 4.78. The van der Waals surface area contributed by atoms with E-state index < -0.39 is 12.8 Å². The SMILES string of the molecule is CC(CC1CCCCC1)NCc1ccccc1OCCOCC(F)(F)F. The van der Waals surface area contributed by atoms with Gasteiger partial charge in [-0.15, -0.1) is 0 Å². The lowest BCUT2D eigenvalue weighted by molar-refractivity contribution is -0.175. The standard InChI is InChI=1S/C20H30F3NO2/c1-16(13-17-7-3-2-4-8-17)24-14-18-9-5-6-10-19(18)26-12-11-25-15-20(21,22)23/h5-6,9-10,16-17,24H,2-4,7-8,11-15H2,1H3. The lowest BCUT2D eigenvalue weighted by atomic mass is 9.85. The first-order valence-electron chi connectivity index (χ1n) is 9.52. The average Bonchev–Trinajstić information content (AvgIpc) is 2.60. The Hall–Kier alpha value is -1.27. The van der Waals surface area contributed by atoms with Gasteiger partial charge in [-0.2, -0.15) is 13.2 Å². The first-order chi connectivity index (χ1) is 12.4. The highest BCUT2D eigenvalue weighted by Gasteiger charge is 2.27. The molecule has 148 valence electrons. The van der Waals surface area contributed by atoms with Crippen LogP contribution in [0.5, 0.6) is 5.75 Å². The third kappa shape index (κ3) is 8.41. The number of hydrogen-bond acceptors (Lipinski definition) is 3. The van der Waals surface area contributed by atoms with Crippen LogP contribution in [0.25, 0.3) is 0 Å². The van der Waals surface area contributed by atoms with Gasteiger partial charge in [0, 0.05) is 18.2 Å². The molecule has 1 fully saturated rings.